The minimum atomic E-state index is -4.72. The summed E-state index contributed by atoms with van der Waals surface area (Å²) in [6, 6.07) is 11.7. The third-order valence-electron chi connectivity index (χ3n) is 4.57. The van der Waals surface area contributed by atoms with E-state index < -0.39 is 17.9 Å². The number of hydrogen-bond donors (Lipinski definition) is 0. The molecule has 0 radical (unpaired) electrons. The van der Waals surface area contributed by atoms with Crippen LogP contribution >= 0.6 is 0 Å². The first-order valence-electron chi connectivity index (χ1n) is 9.02. The molecule has 2 heterocycles. The smallest absolute Gasteiger partial charge is 0.471 e. The lowest BCUT2D eigenvalue weighted by molar-refractivity contribution is -0.159. The predicted molar refractivity (Wildman–Crippen MR) is 96.1 cm³/mol. The van der Waals surface area contributed by atoms with Gasteiger partial charge in [0, 0.05) is 24.1 Å². The van der Waals surface area contributed by atoms with Gasteiger partial charge in [-0.3, -0.25) is 4.79 Å². The van der Waals surface area contributed by atoms with Gasteiger partial charge in [0.25, 0.3) is 5.91 Å². The summed E-state index contributed by atoms with van der Waals surface area (Å²) in [7, 11) is 0. The minimum Gasteiger partial charge on any atom is -0.488 e. The van der Waals surface area contributed by atoms with Crippen LogP contribution in [0.25, 0.3) is 11.4 Å². The molecule has 1 aliphatic heterocycles. The SMILES string of the molecule is O=C(c1cccc(F)c1)N1CCC(Oc2cccc(-c3noc(C(F)(F)F)n3)c2)C1. The zero-order chi connectivity index (χ0) is 21.3. The van der Waals surface area contributed by atoms with Crippen molar-refractivity contribution in [2.24, 2.45) is 0 Å². The second kappa shape index (κ2) is 7.77. The van der Waals surface area contributed by atoms with E-state index in [9.17, 15) is 22.4 Å². The van der Waals surface area contributed by atoms with Gasteiger partial charge in [0.2, 0.25) is 5.82 Å². The van der Waals surface area contributed by atoms with Gasteiger partial charge in [0.15, 0.2) is 0 Å². The van der Waals surface area contributed by atoms with Gasteiger partial charge in [0.1, 0.15) is 17.7 Å². The van der Waals surface area contributed by atoms with Gasteiger partial charge < -0.3 is 14.2 Å². The second-order valence-electron chi connectivity index (χ2n) is 6.74. The number of hydrogen-bond acceptors (Lipinski definition) is 5. The van der Waals surface area contributed by atoms with Crippen LogP contribution in [0.1, 0.15) is 22.7 Å². The molecule has 1 amide bonds. The number of amides is 1. The average Bonchev–Trinajstić information content (AvgIpc) is 3.37. The molecule has 0 bridgehead atoms. The highest BCUT2D eigenvalue weighted by Crippen LogP contribution is 2.30. The highest BCUT2D eigenvalue weighted by molar-refractivity contribution is 5.94. The Morgan fingerprint density at radius 2 is 1.97 bits per heavy atom. The Kier molecular flexibility index (Phi) is 5.15. The van der Waals surface area contributed by atoms with Crippen LogP contribution in [0.4, 0.5) is 17.6 Å². The van der Waals surface area contributed by atoms with Crippen molar-refractivity contribution < 1.29 is 31.6 Å². The van der Waals surface area contributed by atoms with E-state index in [-0.39, 0.29) is 23.4 Å². The number of nitrogens with zero attached hydrogens (tertiary/aromatic N) is 3. The Morgan fingerprint density at radius 3 is 2.70 bits per heavy atom. The summed E-state index contributed by atoms with van der Waals surface area (Å²) in [5.41, 5.74) is 0.563. The van der Waals surface area contributed by atoms with E-state index in [1.807, 2.05) is 0 Å². The molecule has 1 unspecified atom stereocenters. The Hall–Kier alpha value is -3.43. The molecule has 1 aromatic heterocycles. The molecule has 6 nitrogen and oxygen atoms in total. The van der Waals surface area contributed by atoms with Crippen LogP contribution in [0.2, 0.25) is 0 Å². The predicted octanol–water partition coefficient (Wildman–Crippen LogP) is 4.19. The summed E-state index contributed by atoms with van der Waals surface area (Å²) >= 11 is 0. The first-order valence-corrected chi connectivity index (χ1v) is 9.02. The summed E-state index contributed by atoms with van der Waals surface area (Å²) in [4.78, 5) is 17.4. The maximum absolute atomic E-state index is 13.3. The van der Waals surface area contributed by atoms with Crippen LogP contribution < -0.4 is 4.74 Å². The van der Waals surface area contributed by atoms with Crippen LogP contribution in [0.5, 0.6) is 5.75 Å². The fourth-order valence-electron chi connectivity index (χ4n) is 3.17. The number of aromatic nitrogens is 2. The molecule has 30 heavy (non-hydrogen) atoms. The third kappa shape index (κ3) is 4.27. The number of ether oxygens (including phenoxy) is 1. The minimum absolute atomic E-state index is 0.206. The van der Waals surface area contributed by atoms with Crippen molar-refractivity contribution in [3.05, 3.63) is 65.8 Å². The van der Waals surface area contributed by atoms with Crippen molar-refractivity contribution in [3.8, 4) is 17.1 Å². The average molecular weight is 421 g/mol. The van der Waals surface area contributed by atoms with Gasteiger partial charge in [-0.15, -0.1) is 0 Å². The van der Waals surface area contributed by atoms with Crippen molar-refractivity contribution in [1.82, 2.24) is 15.0 Å². The molecule has 0 spiro atoms. The molecule has 0 saturated carbocycles. The molecular weight excluding hydrogens is 406 g/mol. The van der Waals surface area contributed by atoms with Crippen molar-refractivity contribution in [2.75, 3.05) is 13.1 Å². The van der Waals surface area contributed by atoms with E-state index >= 15 is 0 Å². The molecule has 4 rings (SSSR count). The molecular formula is C20H15F4N3O3. The van der Waals surface area contributed by atoms with Crippen molar-refractivity contribution >= 4 is 5.91 Å². The van der Waals surface area contributed by atoms with Gasteiger partial charge in [-0.1, -0.05) is 23.4 Å². The van der Waals surface area contributed by atoms with Crippen LogP contribution in [-0.4, -0.2) is 40.1 Å². The Bertz CT molecular complexity index is 1070. The number of likely N-dealkylation sites (tertiary alicyclic amines) is 1. The summed E-state index contributed by atoms with van der Waals surface area (Å²) in [6.07, 6.45) is -4.47. The largest absolute Gasteiger partial charge is 0.488 e. The number of alkyl halides is 3. The maximum Gasteiger partial charge on any atom is 0.471 e. The first kappa shape index (κ1) is 19.9. The molecule has 1 atom stereocenters. The van der Waals surface area contributed by atoms with Gasteiger partial charge in [-0.2, -0.15) is 18.2 Å². The Morgan fingerprint density at radius 1 is 1.17 bits per heavy atom. The third-order valence-corrected chi connectivity index (χ3v) is 4.57. The molecule has 3 aromatic rings. The van der Waals surface area contributed by atoms with Crippen molar-refractivity contribution in [1.29, 1.82) is 0 Å². The van der Waals surface area contributed by atoms with E-state index in [1.165, 1.54) is 30.3 Å². The lowest BCUT2D eigenvalue weighted by Gasteiger charge is -2.17. The summed E-state index contributed by atoms with van der Waals surface area (Å²) in [6.45, 7) is 0.749. The van der Waals surface area contributed by atoms with Gasteiger partial charge in [0.05, 0.1) is 6.54 Å². The van der Waals surface area contributed by atoms with E-state index in [1.54, 1.807) is 23.1 Å². The van der Waals surface area contributed by atoms with E-state index in [2.05, 4.69) is 14.7 Å². The van der Waals surface area contributed by atoms with Crippen molar-refractivity contribution in [2.45, 2.75) is 18.7 Å². The van der Waals surface area contributed by atoms with Crippen LogP contribution in [0.3, 0.4) is 0 Å². The molecule has 10 heteroatoms. The van der Waals surface area contributed by atoms with Crippen molar-refractivity contribution in [3.63, 3.8) is 0 Å². The molecule has 156 valence electrons. The first-order chi connectivity index (χ1) is 14.3. The lowest BCUT2D eigenvalue weighted by Crippen LogP contribution is -2.31. The molecule has 0 N–H and O–H groups in total. The summed E-state index contributed by atoms with van der Waals surface area (Å²) in [5, 5.41) is 3.36. The number of rotatable bonds is 4. The van der Waals surface area contributed by atoms with Gasteiger partial charge in [-0.05, 0) is 30.3 Å². The van der Waals surface area contributed by atoms with Crippen LogP contribution in [-0.2, 0) is 6.18 Å². The quantitative estimate of drug-likeness (QED) is 0.591. The molecule has 1 aliphatic rings. The summed E-state index contributed by atoms with van der Waals surface area (Å²) < 4.78 is 61.4. The molecule has 1 saturated heterocycles. The highest BCUT2D eigenvalue weighted by Gasteiger charge is 2.38. The highest BCUT2D eigenvalue weighted by atomic mass is 19.4. The molecule has 1 fully saturated rings. The molecule has 0 aliphatic carbocycles. The zero-order valence-corrected chi connectivity index (χ0v) is 15.4. The van der Waals surface area contributed by atoms with E-state index in [0.29, 0.717) is 30.8 Å². The standard InChI is InChI=1S/C20H15F4N3O3/c21-14-5-1-4-13(9-14)18(28)27-8-7-16(11-27)29-15-6-2-3-12(10-15)17-25-19(30-26-17)20(22,23)24/h1-6,9-10,16H,7-8,11H2. The number of benzene rings is 2. The Balaban J connectivity index is 1.42. The maximum atomic E-state index is 13.3. The lowest BCUT2D eigenvalue weighted by atomic mass is 10.2. The number of carbonyl (C=O) groups excluding carboxylic acids is 1. The zero-order valence-electron chi connectivity index (χ0n) is 15.4. The van der Waals surface area contributed by atoms with E-state index in [4.69, 9.17) is 4.74 Å². The second-order valence-corrected chi connectivity index (χ2v) is 6.74. The topological polar surface area (TPSA) is 68.5 Å². The molecule has 2 aromatic carbocycles. The van der Waals surface area contributed by atoms with E-state index in [0.717, 1.165) is 0 Å². The monoisotopic (exact) mass is 421 g/mol. The van der Waals surface area contributed by atoms with Crippen LogP contribution in [0, 0.1) is 5.82 Å². The number of carbonyl (C=O) groups is 1. The Labute approximate surface area is 168 Å². The fraction of sp³-hybridized carbons (Fsp3) is 0.250. The summed E-state index contributed by atoms with van der Waals surface area (Å²) in [5.74, 6) is -2.01. The number of halogens is 4. The van der Waals surface area contributed by atoms with Gasteiger partial charge >= 0.3 is 12.1 Å². The van der Waals surface area contributed by atoms with Gasteiger partial charge in [-0.25, -0.2) is 4.39 Å². The van der Waals surface area contributed by atoms with Crippen LogP contribution in [0.15, 0.2) is 53.1 Å². The fourth-order valence-corrected chi connectivity index (χ4v) is 3.17. The normalized spacial score (nSPS) is 16.7.